The number of halogens is 1. The molecule has 0 bridgehead atoms. The van der Waals surface area contributed by atoms with Crippen molar-refractivity contribution < 1.29 is 0 Å². The standard InChI is InChI=1S/C13H13ClN2/c1-3-9(2)11-5-4-10(8-16)13(14)12(11)6-7-15/h4-5,9H,3,6H2,1-2H3. The van der Waals surface area contributed by atoms with Gasteiger partial charge >= 0.3 is 0 Å². The van der Waals surface area contributed by atoms with Crippen molar-refractivity contribution >= 4 is 11.6 Å². The van der Waals surface area contributed by atoms with Crippen molar-refractivity contribution in [1.29, 1.82) is 10.5 Å². The predicted molar refractivity (Wildman–Crippen MR) is 64.2 cm³/mol. The molecule has 0 aliphatic carbocycles. The number of nitrogens with zero attached hydrogens (tertiary/aromatic N) is 2. The molecular formula is C13H13ClN2. The van der Waals surface area contributed by atoms with Crippen molar-refractivity contribution in [2.75, 3.05) is 0 Å². The Morgan fingerprint density at radius 1 is 1.38 bits per heavy atom. The molecule has 0 saturated carbocycles. The highest BCUT2D eigenvalue weighted by molar-refractivity contribution is 6.32. The normalized spacial score (nSPS) is 11.6. The maximum atomic E-state index is 8.88. The first-order valence-corrected chi connectivity index (χ1v) is 5.61. The summed E-state index contributed by atoms with van der Waals surface area (Å²) in [4.78, 5) is 0. The van der Waals surface area contributed by atoms with Crippen LogP contribution in [0.1, 0.15) is 42.9 Å². The summed E-state index contributed by atoms with van der Waals surface area (Å²) in [7, 11) is 0. The number of rotatable bonds is 3. The van der Waals surface area contributed by atoms with Crippen LogP contribution in [0, 0.1) is 22.7 Å². The van der Waals surface area contributed by atoms with Crippen molar-refractivity contribution in [2.45, 2.75) is 32.6 Å². The first-order chi connectivity index (χ1) is 7.65. The van der Waals surface area contributed by atoms with Gasteiger partial charge < -0.3 is 0 Å². The van der Waals surface area contributed by atoms with Gasteiger partial charge in [-0.1, -0.05) is 31.5 Å². The summed E-state index contributed by atoms with van der Waals surface area (Å²) in [5.41, 5.74) is 2.32. The van der Waals surface area contributed by atoms with Crippen LogP contribution < -0.4 is 0 Å². The molecule has 82 valence electrons. The molecule has 0 saturated heterocycles. The first kappa shape index (κ1) is 12.6. The molecule has 0 radical (unpaired) electrons. The molecule has 1 unspecified atom stereocenters. The van der Waals surface area contributed by atoms with Gasteiger partial charge in [-0.15, -0.1) is 0 Å². The number of nitriles is 2. The zero-order valence-electron chi connectivity index (χ0n) is 9.42. The van der Waals surface area contributed by atoms with E-state index in [1.165, 1.54) is 0 Å². The molecule has 0 heterocycles. The van der Waals surface area contributed by atoms with Crippen molar-refractivity contribution in [2.24, 2.45) is 0 Å². The maximum absolute atomic E-state index is 8.88. The fourth-order valence-corrected chi connectivity index (χ4v) is 1.94. The maximum Gasteiger partial charge on any atom is 0.101 e. The minimum atomic E-state index is 0.258. The van der Waals surface area contributed by atoms with Gasteiger partial charge in [0.05, 0.1) is 23.1 Å². The molecule has 0 N–H and O–H groups in total. The Balaban J connectivity index is 3.36. The summed E-state index contributed by atoms with van der Waals surface area (Å²) < 4.78 is 0. The third-order valence-electron chi connectivity index (χ3n) is 2.80. The zero-order chi connectivity index (χ0) is 12.1. The zero-order valence-corrected chi connectivity index (χ0v) is 10.2. The lowest BCUT2D eigenvalue weighted by Gasteiger charge is -2.15. The number of benzene rings is 1. The average Bonchev–Trinajstić information content (AvgIpc) is 2.31. The topological polar surface area (TPSA) is 47.6 Å². The van der Waals surface area contributed by atoms with Crippen LogP contribution in [-0.2, 0) is 6.42 Å². The van der Waals surface area contributed by atoms with Crippen LogP contribution in [0.4, 0.5) is 0 Å². The Labute approximate surface area is 101 Å². The average molecular weight is 233 g/mol. The summed E-state index contributed by atoms with van der Waals surface area (Å²) in [5.74, 6) is 0.355. The smallest absolute Gasteiger partial charge is 0.101 e. The van der Waals surface area contributed by atoms with Crippen LogP contribution >= 0.6 is 11.6 Å². The van der Waals surface area contributed by atoms with Gasteiger partial charge in [-0.05, 0) is 29.5 Å². The van der Waals surface area contributed by atoms with Gasteiger partial charge in [-0.25, -0.2) is 0 Å². The van der Waals surface area contributed by atoms with Crippen molar-refractivity contribution in [3.05, 3.63) is 33.8 Å². The summed E-state index contributed by atoms with van der Waals surface area (Å²) in [6.45, 7) is 4.19. The summed E-state index contributed by atoms with van der Waals surface area (Å²) in [5, 5.41) is 18.1. The molecule has 16 heavy (non-hydrogen) atoms. The molecule has 2 nitrogen and oxygen atoms in total. The van der Waals surface area contributed by atoms with E-state index in [0.29, 0.717) is 16.5 Å². The summed E-state index contributed by atoms with van der Waals surface area (Å²) in [6, 6.07) is 7.77. The van der Waals surface area contributed by atoms with E-state index in [-0.39, 0.29) is 6.42 Å². The number of hydrogen-bond acceptors (Lipinski definition) is 2. The Morgan fingerprint density at radius 3 is 2.56 bits per heavy atom. The predicted octanol–water partition coefficient (Wildman–Crippen LogP) is 3.79. The molecule has 0 spiro atoms. The van der Waals surface area contributed by atoms with Crippen LogP contribution in [-0.4, -0.2) is 0 Å². The van der Waals surface area contributed by atoms with Crippen LogP contribution in [0.5, 0.6) is 0 Å². The lowest BCUT2D eigenvalue weighted by Crippen LogP contribution is -2.00. The van der Waals surface area contributed by atoms with Gasteiger partial charge in [0.2, 0.25) is 0 Å². The van der Waals surface area contributed by atoms with E-state index in [2.05, 4.69) is 19.9 Å². The molecule has 1 aromatic rings. The van der Waals surface area contributed by atoms with Crippen LogP contribution in [0.15, 0.2) is 12.1 Å². The highest BCUT2D eigenvalue weighted by Crippen LogP contribution is 2.30. The van der Waals surface area contributed by atoms with Crippen molar-refractivity contribution in [1.82, 2.24) is 0 Å². The number of hydrogen-bond donors (Lipinski definition) is 0. The Kier molecular flexibility index (Phi) is 4.35. The Hall–Kier alpha value is -1.51. The minimum Gasteiger partial charge on any atom is -0.198 e. The van der Waals surface area contributed by atoms with Gasteiger partial charge in [0.15, 0.2) is 0 Å². The van der Waals surface area contributed by atoms with E-state index < -0.39 is 0 Å². The Morgan fingerprint density at radius 2 is 2.06 bits per heavy atom. The molecule has 3 heteroatoms. The monoisotopic (exact) mass is 232 g/mol. The van der Waals surface area contributed by atoms with Crippen molar-refractivity contribution in [3.63, 3.8) is 0 Å². The fraction of sp³-hybridized carbons (Fsp3) is 0.385. The van der Waals surface area contributed by atoms with Gasteiger partial charge in [-0.2, -0.15) is 10.5 Å². The summed E-state index contributed by atoms with van der Waals surface area (Å²) in [6.07, 6.45) is 1.24. The van der Waals surface area contributed by atoms with E-state index >= 15 is 0 Å². The second kappa shape index (κ2) is 5.54. The van der Waals surface area contributed by atoms with E-state index in [4.69, 9.17) is 22.1 Å². The van der Waals surface area contributed by atoms with E-state index in [1.807, 2.05) is 12.1 Å². The van der Waals surface area contributed by atoms with Crippen LogP contribution in [0.3, 0.4) is 0 Å². The van der Waals surface area contributed by atoms with Gasteiger partial charge in [0.1, 0.15) is 6.07 Å². The lowest BCUT2D eigenvalue weighted by molar-refractivity contribution is 0.726. The molecular weight excluding hydrogens is 220 g/mol. The molecule has 0 aromatic heterocycles. The second-order valence-corrected chi connectivity index (χ2v) is 4.13. The minimum absolute atomic E-state index is 0.258. The molecule has 0 aliphatic heterocycles. The van der Waals surface area contributed by atoms with Crippen LogP contribution in [0.2, 0.25) is 5.02 Å². The SMILES string of the molecule is CCC(C)c1ccc(C#N)c(Cl)c1CC#N. The molecule has 0 fully saturated rings. The summed E-state index contributed by atoms with van der Waals surface area (Å²) >= 11 is 6.12. The molecule has 0 amide bonds. The van der Waals surface area contributed by atoms with E-state index in [9.17, 15) is 0 Å². The quantitative estimate of drug-likeness (QED) is 0.796. The third kappa shape index (κ3) is 2.35. The largest absolute Gasteiger partial charge is 0.198 e. The first-order valence-electron chi connectivity index (χ1n) is 5.24. The highest BCUT2D eigenvalue weighted by Gasteiger charge is 2.14. The lowest BCUT2D eigenvalue weighted by atomic mass is 9.91. The molecule has 1 rings (SSSR count). The fourth-order valence-electron chi connectivity index (χ4n) is 1.66. The molecule has 1 atom stereocenters. The van der Waals surface area contributed by atoms with Gasteiger partial charge in [0.25, 0.3) is 0 Å². The Bertz CT molecular complexity index is 466. The van der Waals surface area contributed by atoms with Crippen molar-refractivity contribution in [3.8, 4) is 12.1 Å². The highest BCUT2D eigenvalue weighted by atomic mass is 35.5. The third-order valence-corrected chi connectivity index (χ3v) is 3.23. The molecule has 0 aliphatic rings. The van der Waals surface area contributed by atoms with E-state index in [0.717, 1.165) is 17.5 Å². The van der Waals surface area contributed by atoms with Crippen LogP contribution in [0.25, 0.3) is 0 Å². The van der Waals surface area contributed by atoms with Gasteiger partial charge in [-0.3, -0.25) is 0 Å². The van der Waals surface area contributed by atoms with Gasteiger partial charge in [0, 0.05) is 0 Å². The second-order valence-electron chi connectivity index (χ2n) is 3.75. The van der Waals surface area contributed by atoms with E-state index in [1.54, 1.807) is 6.07 Å². The molecule has 1 aromatic carbocycles.